The van der Waals surface area contributed by atoms with Crippen molar-refractivity contribution in [2.24, 2.45) is 0 Å². The fourth-order valence-corrected chi connectivity index (χ4v) is 3.17. The van der Waals surface area contributed by atoms with Crippen molar-refractivity contribution in [3.05, 3.63) is 47.5 Å². The number of hydrogen-bond donors (Lipinski definition) is 1. The number of pyridine rings is 1. The van der Waals surface area contributed by atoms with E-state index in [0.717, 1.165) is 33.5 Å². The molecule has 0 amide bonds. The van der Waals surface area contributed by atoms with Crippen molar-refractivity contribution < 1.29 is 24.1 Å². The maximum atomic E-state index is 11.1. The number of aromatic nitrogens is 1. The Bertz CT molecular complexity index is 1030. The van der Waals surface area contributed by atoms with Crippen LogP contribution in [0.3, 0.4) is 0 Å². The molecule has 132 valence electrons. The van der Waals surface area contributed by atoms with Gasteiger partial charge in [0.25, 0.3) is 0 Å². The molecule has 2 heterocycles. The number of hydrogen-bond acceptors (Lipinski definition) is 5. The molecule has 6 heteroatoms. The second-order valence-electron chi connectivity index (χ2n) is 6.14. The van der Waals surface area contributed by atoms with Gasteiger partial charge in [-0.1, -0.05) is 0 Å². The fourth-order valence-electron chi connectivity index (χ4n) is 3.17. The molecule has 1 aromatic heterocycles. The molecule has 1 aliphatic rings. The molecule has 1 aliphatic heterocycles. The maximum absolute atomic E-state index is 11.1. The Kier molecular flexibility index (Phi) is 3.88. The summed E-state index contributed by atoms with van der Waals surface area (Å²) in [5.74, 6) is 1.05. The fraction of sp³-hybridized carbons (Fsp3) is 0.200. The number of carboxylic acid groups (broad SMARTS) is 1. The largest absolute Gasteiger partial charge is 0.496 e. The molecule has 4 rings (SSSR count). The van der Waals surface area contributed by atoms with Gasteiger partial charge in [-0.3, -0.25) is 4.79 Å². The number of rotatable bonds is 4. The Hall–Kier alpha value is -3.28. The van der Waals surface area contributed by atoms with Gasteiger partial charge in [0.15, 0.2) is 11.5 Å². The number of methoxy groups -OCH3 is 1. The van der Waals surface area contributed by atoms with Crippen LogP contribution in [-0.4, -0.2) is 30.0 Å². The number of carbonyl (C=O) groups is 1. The standard InChI is InChI=1S/C20H17NO5/c1-11-5-15(12-3-4-17(24-2)13(6-12)7-20(22)23)21-16-9-19-18(8-14(11)16)25-10-26-19/h3-6,8-9H,7,10H2,1-2H3,(H,22,23). The van der Waals surface area contributed by atoms with Gasteiger partial charge in [0.05, 0.1) is 24.7 Å². The van der Waals surface area contributed by atoms with Crippen molar-refractivity contribution in [2.75, 3.05) is 13.9 Å². The smallest absolute Gasteiger partial charge is 0.307 e. The van der Waals surface area contributed by atoms with Gasteiger partial charge >= 0.3 is 5.97 Å². The van der Waals surface area contributed by atoms with Crippen LogP contribution in [0.2, 0.25) is 0 Å². The van der Waals surface area contributed by atoms with Gasteiger partial charge in [0.1, 0.15) is 5.75 Å². The minimum atomic E-state index is -0.907. The number of ether oxygens (including phenoxy) is 3. The highest BCUT2D eigenvalue weighted by Gasteiger charge is 2.17. The van der Waals surface area contributed by atoms with Crippen molar-refractivity contribution in [3.8, 4) is 28.5 Å². The monoisotopic (exact) mass is 351 g/mol. The molecule has 0 saturated heterocycles. The predicted octanol–water partition coefficient (Wildman–Crippen LogP) is 3.57. The topological polar surface area (TPSA) is 77.9 Å². The molecule has 0 radical (unpaired) electrons. The van der Waals surface area contributed by atoms with E-state index in [0.29, 0.717) is 17.1 Å². The summed E-state index contributed by atoms with van der Waals surface area (Å²) in [6, 6.07) is 11.3. The van der Waals surface area contributed by atoms with Crippen LogP contribution in [0.4, 0.5) is 0 Å². The average molecular weight is 351 g/mol. The number of aliphatic carboxylic acids is 1. The zero-order valence-corrected chi connectivity index (χ0v) is 14.4. The van der Waals surface area contributed by atoms with E-state index in [2.05, 4.69) is 0 Å². The SMILES string of the molecule is COc1ccc(-c2cc(C)c3cc4c(cc3n2)OCO4)cc1CC(=O)O. The zero-order chi connectivity index (χ0) is 18.3. The molecule has 3 aromatic rings. The lowest BCUT2D eigenvalue weighted by Gasteiger charge is -2.11. The van der Waals surface area contributed by atoms with E-state index in [-0.39, 0.29) is 13.2 Å². The van der Waals surface area contributed by atoms with Crippen LogP contribution in [0.1, 0.15) is 11.1 Å². The highest BCUT2D eigenvalue weighted by Crippen LogP contribution is 2.37. The summed E-state index contributed by atoms with van der Waals surface area (Å²) in [6.07, 6.45) is -0.109. The van der Waals surface area contributed by atoms with Gasteiger partial charge in [-0.2, -0.15) is 0 Å². The van der Waals surface area contributed by atoms with Gasteiger partial charge in [-0.15, -0.1) is 0 Å². The molecule has 0 atom stereocenters. The van der Waals surface area contributed by atoms with E-state index in [9.17, 15) is 4.79 Å². The molecule has 0 bridgehead atoms. The minimum Gasteiger partial charge on any atom is -0.496 e. The van der Waals surface area contributed by atoms with E-state index in [1.807, 2.05) is 37.3 Å². The Morgan fingerprint density at radius 3 is 2.69 bits per heavy atom. The van der Waals surface area contributed by atoms with E-state index in [1.54, 1.807) is 6.07 Å². The van der Waals surface area contributed by atoms with Gasteiger partial charge in [0.2, 0.25) is 6.79 Å². The summed E-state index contributed by atoms with van der Waals surface area (Å²) in [7, 11) is 1.53. The molecular formula is C20H17NO5. The van der Waals surface area contributed by atoms with Crippen LogP contribution in [0.25, 0.3) is 22.2 Å². The normalized spacial score (nSPS) is 12.4. The highest BCUT2D eigenvalue weighted by molar-refractivity contribution is 5.88. The van der Waals surface area contributed by atoms with Gasteiger partial charge in [-0.25, -0.2) is 4.98 Å². The molecule has 0 aliphatic carbocycles. The van der Waals surface area contributed by atoms with Crippen molar-refractivity contribution in [1.82, 2.24) is 4.98 Å². The molecule has 1 N–H and O–H groups in total. The van der Waals surface area contributed by atoms with E-state index >= 15 is 0 Å². The van der Waals surface area contributed by atoms with Crippen LogP contribution in [0.15, 0.2) is 36.4 Å². The van der Waals surface area contributed by atoms with Gasteiger partial charge in [0, 0.05) is 22.6 Å². The van der Waals surface area contributed by atoms with Crippen LogP contribution in [0, 0.1) is 6.92 Å². The summed E-state index contributed by atoms with van der Waals surface area (Å²) in [4.78, 5) is 15.9. The summed E-state index contributed by atoms with van der Waals surface area (Å²) >= 11 is 0. The summed E-state index contributed by atoms with van der Waals surface area (Å²) in [5, 5.41) is 10.1. The molecule has 0 spiro atoms. The number of carboxylic acids is 1. The first-order chi connectivity index (χ1) is 12.5. The first-order valence-electron chi connectivity index (χ1n) is 8.15. The third kappa shape index (κ3) is 2.79. The van der Waals surface area contributed by atoms with Crippen molar-refractivity contribution in [2.45, 2.75) is 13.3 Å². The zero-order valence-electron chi connectivity index (χ0n) is 14.4. The van der Waals surface area contributed by atoms with Crippen LogP contribution >= 0.6 is 0 Å². The van der Waals surface area contributed by atoms with Crippen molar-refractivity contribution in [3.63, 3.8) is 0 Å². The molecule has 2 aromatic carbocycles. The summed E-state index contributed by atoms with van der Waals surface area (Å²) in [5.41, 5.74) is 4.08. The number of fused-ring (bicyclic) bond motifs is 2. The summed E-state index contributed by atoms with van der Waals surface area (Å²) < 4.78 is 16.1. The number of nitrogens with zero attached hydrogens (tertiary/aromatic N) is 1. The molecular weight excluding hydrogens is 334 g/mol. The lowest BCUT2D eigenvalue weighted by atomic mass is 10.0. The third-order valence-corrected chi connectivity index (χ3v) is 4.43. The lowest BCUT2D eigenvalue weighted by Crippen LogP contribution is -2.02. The lowest BCUT2D eigenvalue weighted by molar-refractivity contribution is -0.136. The first-order valence-corrected chi connectivity index (χ1v) is 8.15. The first kappa shape index (κ1) is 16.2. The maximum Gasteiger partial charge on any atom is 0.307 e. The van der Waals surface area contributed by atoms with E-state index in [4.69, 9.17) is 24.3 Å². The Morgan fingerprint density at radius 1 is 1.19 bits per heavy atom. The Balaban J connectivity index is 1.84. The molecule has 0 saturated carbocycles. The van der Waals surface area contributed by atoms with E-state index < -0.39 is 5.97 Å². The predicted molar refractivity (Wildman–Crippen MR) is 95.9 cm³/mol. The Labute approximate surface area is 150 Å². The summed E-state index contributed by atoms with van der Waals surface area (Å²) in [6.45, 7) is 2.23. The second-order valence-corrected chi connectivity index (χ2v) is 6.14. The molecule has 6 nitrogen and oxygen atoms in total. The van der Waals surface area contributed by atoms with Crippen molar-refractivity contribution >= 4 is 16.9 Å². The second kappa shape index (κ2) is 6.22. The molecule has 0 fully saturated rings. The van der Waals surface area contributed by atoms with Crippen LogP contribution < -0.4 is 14.2 Å². The van der Waals surface area contributed by atoms with Crippen LogP contribution in [-0.2, 0) is 11.2 Å². The van der Waals surface area contributed by atoms with Gasteiger partial charge in [-0.05, 0) is 42.8 Å². The quantitative estimate of drug-likeness (QED) is 0.774. The Morgan fingerprint density at radius 2 is 1.96 bits per heavy atom. The van der Waals surface area contributed by atoms with Gasteiger partial charge < -0.3 is 19.3 Å². The average Bonchev–Trinajstić information content (AvgIpc) is 3.07. The van der Waals surface area contributed by atoms with Crippen molar-refractivity contribution in [1.29, 1.82) is 0 Å². The number of benzene rings is 2. The third-order valence-electron chi connectivity index (χ3n) is 4.43. The molecule has 26 heavy (non-hydrogen) atoms. The number of aryl methyl sites for hydroxylation is 1. The minimum absolute atomic E-state index is 0.109. The molecule has 0 unspecified atom stereocenters. The highest BCUT2D eigenvalue weighted by atomic mass is 16.7. The van der Waals surface area contributed by atoms with E-state index in [1.165, 1.54) is 7.11 Å². The van der Waals surface area contributed by atoms with Crippen LogP contribution in [0.5, 0.6) is 17.2 Å².